The van der Waals surface area contributed by atoms with Crippen molar-refractivity contribution in [2.75, 3.05) is 6.54 Å². The van der Waals surface area contributed by atoms with E-state index in [4.69, 9.17) is 0 Å². The van der Waals surface area contributed by atoms with E-state index in [9.17, 15) is 4.79 Å². The summed E-state index contributed by atoms with van der Waals surface area (Å²) in [5, 5.41) is 7.40. The quantitative estimate of drug-likeness (QED) is 0.612. The number of amides is 1. The lowest BCUT2D eigenvalue weighted by Gasteiger charge is -2.08. The summed E-state index contributed by atoms with van der Waals surface area (Å²) in [5.74, 6) is 0.100. The molecule has 0 unspecified atom stereocenters. The van der Waals surface area contributed by atoms with E-state index in [0.717, 1.165) is 30.6 Å². The lowest BCUT2D eigenvalue weighted by molar-refractivity contribution is -0.121. The van der Waals surface area contributed by atoms with Crippen molar-refractivity contribution in [3.63, 3.8) is 0 Å². The van der Waals surface area contributed by atoms with Crippen LogP contribution in [0.3, 0.4) is 0 Å². The van der Waals surface area contributed by atoms with E-state index in [1.165, 1.54) is 16.7 Å². The molecule has 0 fully saturated rings. The van der Waals surface area contributed by atoms with Crippen LogP contribution in [0.4, 0.5) is 0 Å². The molecule has 3 aromatic rings. The first kappa shape index (κ1) is 18.9. The van der Waals surface area contributed by atoms with Crippen molar-refractivity contribution < 1.29 is 4.79 Å². The standard InChI is InChI=1S/C23H27N3O/c1-18-10-12-21(19(2)15-18)7-6-14-24-23(27)13-11-20-16-25-26(17-20)22-8-4-3-5-9-22/h3-5,8-10,12,15-17H,6-7,11,13-14H2,1-2H3,(H,24,27). The minimum Gasteiger partial charge on any atom is -0.356 e. The van der Waals surface area contributed by atoms with Crippen molar-refractivity contribution in [3.8, 4) is 5.69 Å². The maximum atomic E-state index is 12.1. The Hall–Kier alpha value is -2.88. The number of aromatic nitrogens is 2. The molecule has 0 radical (unpaired) electrons. The fourth-order valence-electron chi connectivity index (χ4n) is 3.19. The van der Waals surface area contributed by atoms with Crippen LogP contribution in [0.25, 0.3) is 5.69 Å². The van der Waals surface area contributed by atoms with Gasteiger partial charge in [0.15, 0.2) is 0 Å². The van der Waals surface area contributed by atoms with E-state index in [2.05, 4.69) is 42.5 Å². The third-order valence-electron chi connectivity index (χ3n) is 4.74. The van der Waals surface area contributed by atoms with Gasteiger partial charge in [-0.2, -0.15) is 5.10 Å². The molecule has 1 amide bonds. The molecular weight excluding hydrogens is 334 g/mol. The summed E-state index contributed by atoms with van der Waals surface area (Å²) in [6.45, 7) is 4.98. The van der Waals surface area contributed by atoms with E-state index in [1.807, 2.05) is 47.4 Å². The molecule has 0 saturated carbocycles. The zero-order chi connectivity index (χ0) is 19.1. The lowest BCUT2D eigenvalue weighted by atomic mass is 10.0. The van der Waals surface area contributed by atoms with E-state index in [0.29, 0.717) is 12.8 Å². The Kier molecular flexibility index (Phi) is 6.42. The Bertz CT molecular complexity index is 884. The van der Waals surface area contributed by atoms with Crippen molar-refractivity contribution in [2.24, 2.45) is 0 Å². The predicted octanol–water partition coefficient (Wildman–Crippen LogP) is 4.17. The number of nitrogens with zero attached hydrogens (tertiary/aromatic N) is 2. The first-order valence-corrected chi connectivity index (χ1v) is 9.53. The average molecular weight is 361 g/mol. The van der Waals surface area contributed by atoms with E-state index >= 15 is 0 Å². The molecule has 0 saturated heterocycles. The van der Waals surface area contributed by atoms with Gasteiger partial charge < -0.3 is 5.32 Å². The number of hydrogen-bond donors (Lipinski definition) is 1. The van der Waals surface area contributed by atoms with Crippen LogP contribution < -0.4 is 5.32 Å². The second-order valence-electron chi connectivity index (χ2n) is 7.01. The van der Waals surface area contributed by atoms with Gasteiger partial charge in [0.25, 0.3) is 0 Å². The van der Waals surface area contributed by atoms with Gasteiger partial charge in [0.1, 0.15) is 0 Å². The first-order valence-electron chi connectivity index (χ1n) is 9.53. The summed E-state index contributed by atoms with van der Waals surface area (Å²) >= 11 is 0. The molecule has 0 bridgehead atoms. The third-order valence-corrected chi connectivity index (χ3v) is 4.74. The van der Waals surface area contributed by atoms with Crippen molar-refractivity contribution in [1.82, 2.24) is 15.1 Å². The molecule has 4 heteroatoms. The van der Waals surface area contributed by atoms with E-state index in [-0.39, 0.29) is 5.91 Å². The molecule has 0 aliphatic rings. The smallest absolute Gasteiger partial charge is 0.220 e. The highest BCUT2D eigenvalue weighted by atomic mass is 16.1. The molecule has 0 aliphatic heterocycles. The number of benzene rings is 2. The maximum Gasteiger partial charge on any atom is 0.220 e. The van der Waals surface area contributed by atoms with Crippen LogP contribution in [0.1, 0.15) is 35.1 Å². The van der Waals surface area contributed by atoms with Crippen LogP contribution in [0.15, 0.2) is 60.9 Å². The SMILES string of the molecule is Cc1ccc(CCCNC(=O)CCc2cnn(-c3ccccc3)c2)c(C)c1. The van der Waals surface area contributed by atoms with Crippen LogP contribution in [-0.4, -0.2) is 22.2 Å². The molecule has 1 N–H and O–H groups in total. The molecule has 0 atom stereocenters. The molecule has 4 nitrogen and oxygen atoms in total. The van der Waals surface area contributed by atoms with Gasteiger partial charge in [0, 0.05) is 19.2 Å². The van der Waals surface area contributed by atoms with Gasteiger partial charge in [-0.3, -0.25) is 4.79 Å². The van der Waals surface area contributed by atoms with Gasteiger partial charge in [-0.25, -0.2) is 4.68 Å². The van der Waals surface area contributed by atoms with Gasteiger partial charge in [0.2, 0.25) is 5.91 Å². The fourth-order valence-corrected chi connectivity index (χ4v) is 3.19. The highest BCUT2D eigenvalue weighted by Gasteiger charge is 2.05. The summed E-state index contributed by atoms with van der Waals surface area (Å²) in [5.41, 5.74) is 6.09. The second kappa shape index (κ2) is 9.17. The van der Waals surface area contributed by atoms with E-state index < -0.39 is 0 Å². The number of carbonyl (C=O) groups is 1. The largest absolute Gasteiger partial charge is 0.356 e. The van der Waals surface area contributed by atoms with Crippen LogP contribution in [0, 0.1) is 13.8 Å². The van der Waals surface area contributed by atoms with Crippen molar-refractivity contribution >= 4 is 5.91 Å². The zero-order valence-electron chi connectivity index (χ0n) is 16.1. The Morgan fingerprint density at radius 2 is 1.89 bits per heavy atom. The Labute approximate surface area is 161 Å². The number of rotatable bonds is 8. The van der Waals surface area contributed by atoms with Gasteiger partial charge in [-0.05, 0) is 61.9 Å². The van der Waals surface area contributed by atoms with Gasteiger partial charge in [0.05, 0.1) is 11.9 Å². The topological polar surface area (TPSA) is 46.9 Å². The normalized spacial score (nSPS) is 10.7. The molecular formula is C23H27N3O. The van der Waals surface area contributed by atoms with Gasteiger partial charge in [-0.1, -0.05) is 42.0 Å². The number of para-hydroxylation sites is 1. The van der Waals surface area contributed by atoms with Gasteiger partial charge in [-0.15, -0.1) is 0 Å². The van der Waals surface area contributed by atoms with Crippen LogP contribution in [0.5, 0.6) is 0 Å². The summed E-state index contributed by atoms with van der Waals surface area (Å²) in [6.07, 6.45) is 6.97. The van der Waals surface area contributed by atoms with Crippen molar-refractivity contribution in [2.45, 2.75) is 39.5 Å². The van der Waals surface area contributed by atoms with Crippen LogP contribution in [0.2, 0.25) is 0 Å². The highest BCUT2D eigenvalue weighted by molar-refractivity contribution is 5.76. The summed E-state index contributed by atoms with van der Waals surface area (Å²) < 4.78 is 1.84. The molecule has 0 spiro atoms. The fraction of sp³-hybridized carbons (Fsp3) is 0.304. The molecule has 0 aliphatic carbocycles. The average Bonchev–Trinajstić information content (AvgIpc) is 3.15. The number of hydrogen-bond acceptors (Lipinski definition) is 2. The third kappa shape index (κ3) is 5.55. The Balaban J connectivity index is 1.38. The molecule has 1 aromatic heterocycles. The Morgan fingerprint density at radius 1 is 1.07 bits per heavy atom. The van der Waals surface area contributed by atoms with Crippen molar-refractivity contribution in [1.29, 1.82) is 0 Å². The molecule has 1 heterocycles. The van der Waals surface area contributed by atoms with Gasteiger partial charge >= 0.3 is 0 Å². The van der Waals surface area contributed by atoms with Crippen LogP contribution >= 0.6 is 0 Å². The molecule has 27 heavy (non-hydrogen) atoms. The summed E-state index contributed by atoms with van der Waals surface area (Å²) in [4.78, 5) is 12.1. The summed E-state index contributed by atoms with van der Waals surface area (Å²) in [7, 11) is 0. The summed E-state index contributed by atoms with van der Waals surface area (Å²) in [6, 6.07) is 16.5. The van der Waals surface area contributed by atoms with E-state index in [1.54, 1.807) is 0 Å². The number of carbonyl (C=O) groups excluding carboxylic acids is 1. The monoisotopic (exact) mass is 361 g/mol. The first-order chi connectivity index (χ1) is 13.1. The molecule has 3 rings (SSSR count). The number of aryl methyl sites for hydroxylation is 4. The number of nitrogens with one attached hydrogen (secondary N) is 1. The zero-order valence-corrected chi connectivity index (χ0v) is 16.1. The molecule has 2 aromatic carbocycles. The van der Waals surface area contributed by atoms with Crippen molar-refractivity contribution in [3.05, 3.63) is 83.2 Å². The Morgan fingerprint density at radius 3 is 2.67 bits per heavy atom. The maximum absolute atomic E-state index is 12.1. The highest BCUT2D eigenvalue weighted by Crippen LogP contribution is 2.12. The minimum atomic E-state index is 0.100. The predicted molar refractivity (Wildman–Crippen MR) is 109 cm³/mol. The second-order valence-corrected chi connectivity index (χ2v) is 7.01. The minimum absolute atomic E-state index is 0.100. The van der Waals surface area contributed by atoms with Crippen LogP contribution in [-0.2, 0) is 17.6 Å². The lowest BCUT2D eigenvalue weighted by Crippen LogP contribution is -2.25. The molecule has 140 valence electrons.